The van der Waals surface area contributed by atoms with Gasteiger partial charge < -0.3 is 15.1 Å². The summed E-state index contributed by atoms with van der Waals surface area (Å²) in [5.41, 5.74) is 0. The first-order valence-corrected chi connectivity index (χ1v) is 13.0. The highest BCUT2D eigenvalue weighted by molar-refractivity contribution is 7.91. The molecule has 2 aromatic rings. The summed E-state index contributed by atoms with van der Waals surface area (Å²) in [6.07, 6.45) is 2.02. The van der Waals surface area contributed by atoms with Crippen molar-refractivity contribution < 1.29 is 18.0 Å². The van der Waals surface area contributed by atoms with Gasteiger partial charge in [-0.05, 0) is 48.9 Å². The number of nitrogens with zero attached hydrogens (tertiary/aromatic N) is 2. The van der Waals surface area contributed by atoms with E-state index in [1.165, 1.54) is 4.90 Å². The van der Waals surface area contributed by atoms with Gasteiger partial charge >= 0.3 is 0 Å². The number of rotatable bonds is 5. The lowest BCUT2D eigenvalue weighted by Crippen LogP contribution is -2.56. The van der Waals surface area contributed by atoms with Crippen LogP contribution in [0.5, 0.6) is 0 Å². The average Bonchev–Trinajstić information content (AvgIpc) is 3.46. The van der Waals surface area contributed by atoms with Gasteiger partial charge in [-0.15, -0.1) is 11.3 Å². The number of nitrogens with one attached hydrogen (secondary N) is 2. The van der Waals surface area contributed by atoms with Crippen molar-refractivity contribution in [1.29, 1.82) is 0 Å². The second-order valence-electron chi connectivity index (χ2n) is 8.36. The van der Waals surface area contributed by atoms with Gasteiger partial charge in [-0.2, -0.15) is 4.72 Å². The van der Waals surface area contributed by atoms with E-state index in [9.17, 15) is 18.0 Å². The predicted molar refractivity (Wildman–Crippen MR) is 119 cm³/mol. The Bertz CT molecular complexity index is 1150. The summed E-state index contributed by atoms with van der Waals surface area (Å²) in [6, 6.07) is 6.46. The minimum atomic E-state index is -3.87. The van der Waals surface area contributed by atoms with Crippen LogP contribution in [0.2, 0.25) is 5.02 Å². The zero-order chi connectivity index (χ0) is 21.8. The van der Waals surface area contributed by atoms with Crippen molar-refractivity contribution in [3.05, 3.63) is 29.3 Å². The highest BCUT2D eigenvalue weighted by Crippen LogP contribution is 2.31. The number of hydrogen-bond acceptors (Lipinski definition) is 6. The third-order valence-electron chi connectivity index (χ3n) is 6.25. The normalized spacial score (nSPS) is 26.2. The first-order valence-electron chi connectivity index (χ1n) is 10.3. The van der Waals surface area contributed by atoms with Gasteiger partial charge in [0.2, 0.25) is 11.8 Å². The van der Waals surface area contributed by atoms with Crippen LogP contribution in [0.3, 0.4) is 0 Å². The van der Waals surface area contributed by atoms with Crippen molar-refractivity contribution in [2.75, 3.05) is 26.2 Å². The number of carbonyl (C=O) groups excluding carboxylic acids is 2. The summed E-state index contributed by atoms with van der Waals surface area (Å²) in [5, 5.41) is 4.64. The molecule has 5 rings (SSSR count). The molecule has 11 heteroatoms. The van der Waals surface area contributed by atoms with Crippen LogP contribution < -0.4 is 10.0 Å². The number of fused-ring (bicyclic) bond motifs is 3. The number of sulfonamides is 1. The summed E-state index contributed by atoms with van der Waals surface area (Å²) >= 11 is 7.13. The molecule has 4 heterocycles. The number of likely N-dealkylation sites (tertiary alicyclic amines) is 2. The van der Waals surface area contributed by atoms with Crippen LogP contribution in [-0.2, 0) is 19.6 Å². The van der Waals surface area contributed by atoms with Gasteiger partial charge in [-0.1, -0.05) is 11.6 Å². The van der Waals surface area contributed by atoms with Crippen molar-refractivity contribution in [3.63, 3.8) is 0 Å². The van der Waals surface area contributed by atoms with E-state index in [4.69, 9.17) is 11.6 Å². The van der Waals surface area contributed by atoms with Gasteiger partial charge in [-0.3, -0.25) is 9.59 Å². The SMILES string of the molecule is O=C1[C@@H](NS(=O)(=O)c2cc3cc(Cl)ccc3s2)CCCN1CC(=O)N1CC2CC1CN2. The molecular formula is C20H23ClN4O4S2. The molecule has 2 unspecified atom stereocenters. The Balaban J connectivity index is 1.27. The number of carbonyl (C=O) groups is 2. The number of piperidine rings is 1. The summed E-state index contributed by atoms with van der Waals surface area (Å²) in [5.74, 6) is -0.401. The van der Waals surface area contributed by atoms with E-state index in [0.29, 0.717) is 37.0 Å². The summed E-state index contributed by atoms with van der Waals surface area (Å²) in [4.78, 5) is 29.1. The molecule has 0 spiro atoms. The van der Waals surface area contributed by atoms with Gasteiger partial charge in [0.25, 0.3) is 10.0 Å². The lowest BCUT2D eigenvalue weighted by molar-refractivity contribution is -0.143. The van der Waals surface area contributed by atoms with Gasteiger partial charge in [0.1, 0.15) is 10.3 Å². The summed E-state index contributed by atoms with van der Waals surface area (Å²) < 4.78 is 29.4. The molecule has 2 bridgehead atoms. The standard InChI is InChI=1S/C20H23ClN4O4S2/c21-13-3-4-17-12(6-13)7-19(30-17)31(28,29)23-16-2-1-5-24(20(16)27)11-18(26)25-10-14-8-15(25)9-22-14/h3-4,6-7,14-16,22-23H,1-2,5,8-11H2/t14?,15?,16-/m0/s1. The maximum absolute atomic E-state index is 13.0. The van der Waals surface area contributed by atoms with Crippen LogP contribution in [0, 0.1) is 0 Å². The van der Waals surface area contributed by atoms with E-state index < -0.39 is 16.1 Å². The van der Waals surface area contributed by atoms with Crippen molar-refractivity contribution >= 4 is 54.9 Å². The smallest absolute Gasteiger partial charge is 0.250 e. The Kier molecular flexibility index (Phi) is 5.46. The molecule has 31 heavy (non-hydrogen) atoms. The molecule has 3 atom stereocenters. The number of piperazine rings is 1. The Labute approximate surface area is 189 Å². The zero-order valence-corrected chi connectivity index (χ0v) is 19.1. The Hall–Kier alpha value is -1.72. The number of benzene rings is 1. The van der Waals surface area contributed by atoms with E-state index in [0.717, 1.165) is 34.4 Å². The minimum Gasteiger partial charge on any atom is -0.335 e. The molecule has 0 aliphatic carbocycles. The molecule has 3 saturated heterocycles. The molecule has 3 fully saturated rings. The number of amides is 2. The maximum atomic E-state index is 13.0. The first kappa shape index (κ1) is 21.1. The first-order chi connectivity index (χ1) is 14.8. The maximum Gasteiger partial charge on any atom is 0.250 e. The largest absolute Gasteiger partial charge is 0.335 e. The van der Waals surface area contributed by atoms with E-state index >= 15 is 0 Å². The third kappa shape index (κ3) is 4.07. The monoisotopic (exact) mass is 482 g/mol. The van der Waals surface area contributed by atoms with Crippen molar-refractivity contribution in [1.82, 2.24) is 19.8 Å². The molecule has 0 saturated carbocycles. The molecule has 2 amide bonds. The van der Waals surface area contributed by atoms with Gasteiger partial charge in [0.15, 0.2) is 0 Å². The molecular weight excluding hydrogens is 460 g/mol. The molecule has 0 radical (unpaired) electrons. The molecule has 8 nitrogen and oxygen atoms in total. The number of thiophene rings is 1. The van der Waals surface area contributed by atoms with Crippen LogP contribution in [0.15, 0.2) is 28.5 Å². The molecule has 3 aliphatic heterocycles. The van der Waals surface area contributed by atoms with Crippen molar-refractivity contribution in [3.8, 4) is 0 Å². The third-order valence-corrected chi connectivity index (χ3v) is 9.55. The second-order valence-corrected chi connectivity index (χ2v) is 11.8. The van der Waals surface area contributed by atoms with Crippen LogP contribution in [0.4, 0.5) is 0 Å². The van der Waals surface area contributed by atoms with Crippen molar-refractivity contribution in [2.45, 2.75) is 41.6 Å². The average molecular weight is 483 g/mol. The molecule has 3 aliphatic rings. The van der Waals surface area contributed by atoms with Crippen LogP contribution in [0.1, 0.15) is 19.3 Å². The molecule has 1 aromatic carbocycles. The fourth-order valence-electron chi connectivity index (χ4n) is 4.69. The summed E-state index contributed by atoms with van der Waals surface area (Å²) in [6.45, 7) is 1.94. The number of halogens is 1. The fraction of sp³-hybridized carbons (Fsp3) is 0.500. The minimum absolute atomic E-state index is 0.00165. The predicted octanol–water partition coefficient (Wildman–Crippen LogP) is 1.40. The Morgan fingerprint density at radius 3 is 2.90 bits per heavy atom. The van der Waals surface area contributed by atoms with Gasteiger partial charge in [0, 0.05) is 41.4 Å². The quantitative estimate of drug-likeness (QED) is 0.671. The lowest BCUT2D eigenvalue weighted by atomic mass is 10.1. The zero-order valence-electron chi connectivity index (χ0n) is 16.7. The van der Waals surface area contributed by atoms with Gasteiger partial charge in [-0.25, -0.2) is 8.42 Å². The van der Waals surface area contributed by atoms with Crippen LogP contribution in [-0.4, -0.2) is 74.3 Å². The molecule has 1 aromatic heterocycles. The fourth-order valence-corrected chi connectivity index (χ4v) is 7.49. The Morgan fingerprint density at radius 1 is 1.32 bits per heavy atom. The summed E-state index contributed by atoms with van der Waals surface area (Å²) in [7, 11) is -3.87. The van der Waals surface area contributed by atoms with Gasteiger partial charge in [0.05, 0.1) is 6.54 Å². The highest BCUT2D eigenvalue weighted by Gasteiger charge is 2.41. The molecule has 2 N–H and O–H groups in total. The topological polar surface area (TPSA) is 98.8 Å². The van der Waals surface area contributed by atoms with E-state index in [2.05, 4.69) is 10.0 Å². The number of hydrogen-bond donors (Lipinski definition) is 2. The highest BCUT2D eigenvalue weighted by atomic mass is 35.5. The van der Waals surface area contributed by atoms with Crippen LogP contribution >= 0.6 is 22.9 Å². The second kappa shape index (κ2) is 8.00. The van der Waals surface area contributed by atoms with Crippen molar-refractivity contribution in [2.24, 2.45) is 0 Å². The van der Waals surface area contributed by atoms with E-state index in [1.54, 1.807) is 24.3 Å². The molecule has 166 valence electrons. The van der Waals surface area contributed by atoms with E-state index in [1.807, 2.05) is 4.90 Å². The lowest BCUT2D eigenvalue weighted by Gasteiger charge is -2.34. The van der Waals surface area contributed by atoms with E-state index in [-0.39, 0.29) is 28.6 Å². The van der Waals surface area contributed by atoms with Crippen LogP contribution in [0.25, 0.3) is 10.1 Å². The Morgan fingerprint density at radius 2 is 2.16 bits per heavy atom.